The van der Waals surface area contributed by atoms with Gasteiger partial charge in [0, 0.05) is 12.8 Å². The van der Waals surface area contributed by atoms with Crippen LogP contribution in [0.1, 0.15) is 216 Å². The molecule has 0 aliphatic heterocycles. The Morgan fingerprint density at radius 1 is 0.608 bits per heavy atom. The number of rotatable bonds is 32. The van der Waals surface area contributed by atoms with Crippen LogP contribution in [0.3, 0.4) is 0 Å². The Kier molecular flexibility index (Phi) is 25.0. The van der Waals surface area contributed by atoms with Crippen molar-refractivity contribution in [3.63, 3.8) is 0 Å². The average molecular weight is 720 g/mol. The summed E-state index contributed by atoms with van der Waals surface area (Å²) in [5.41, 5.74) is 1.31. The molecule has 0 aromatic heterocycles. The van der Waals surface area contributed by atoms with Crippen molar-refractivity contribution < 1.29 is 19.1 Å². The Labute approximate surface area is 318 Å². The van der Waals surface area contributed by atoms with Crippen LogP contribution in [0, 0.1) is 34.0 Å². The summed E-state index contributed by atoms with van der Waals surface area (Å²) < 4.78 is 11.0. The van der Waals surface area contributed by atoms with E-state index < -0.39 is 0 Å². The van der Waals surface area contributed by atoms with E-state index in [1.165, 1.54) is 116 Å². The van der Waals surface area contributed by atoms with E-state index in [1.54, 1.807) is 0 Å². The Morgan fingerprint density at radius 2 is 1.00 bits per heavy atom. The van der Waals surface area contributed by atoms with E-state index in [1.807, 2.05) is 0 Å². The van der Waals surface area contributed by atoms with Crippen molar-refractivity contribution in [2.75, 3.05) is 33.9 Å². The first-order chi connectivity index (χ1) is 24.0. The monoisotopic (exact) mass is 720 g/mol. The number of nitrogens with zero attached hydrogens (tertiary/aromatic N) is 1. The molecule has 51 heavy (non-hydrogen) atoms. The van der Waals surface area contributed by atoms with Gasteiger partial charge in [0.2, 0.25) is 0 Å². The van der Waals surface area contributed by atoms with Crippen LogP contribution in [0.25, 0.3) is 0 Å². The van der Waals surface area contributed by atoms with Crippen LogP contribution in [-0.2, 0) is 19.1 Å². The molecule has 0 radical (unpaired) electrons. The lowest BCUT2D eigenvalue weighted by molar-refractivity contribution is -0.145. The summed E-state index contributed by atoms with van der Waals surface area (Å²) in [4.78, 5) is 26.5. The van der Waals surface area contributed by atoms with Crippen LogP contribution in [0.4, 0.5) is 0 Å². The molecule has 1 rings (SSSR count). The molecule has 0 aromatic carbocycles. The molecule has 1 aliphatic carbocycles. The summed E-state index contributed by atoms with van der Waals surface area (Å²) in [5.74, 6) is 2.15. The highest BCUT2D eigenvalue weighted by atomic mass is 16.5. The van der Waals surface area contributed by atoms with E-state index in [2.05, 4.69) is 74.4 Å². The number of hydrogen-bond donors (Lipinski definition) is 0. The molecule has 302 valence electrons. The molecule has 0 bridgehead atoms. The highest BCUT2D eigenvalue weighted by molar-refractivity contribution is 5.69. The fraction of sp³-hybridized carbons (Fsp3) is 0.957. The summed E-state index contributed by atoms with van der Waals surface area (Å²) in [7, 11) is 4.45. The van der Waals surface area contributed by atoms with E-state index in [0.29, 0.717) is 54.1 Å². The standard InChI is InChI=1S/C46H89NO4/c1-39(36-44(3,4)5)29-34-50-42(48)27-23-19-15-11-12-17-21-25-31-46(32-33-47(9)10)38-41(46)26-22-18-14-13-16-20-24-28-43(49)51-35-30-40(2)37-45(6,7)8/h39-41H,11-38H2,1-10H3. The lowest BCUT2D eigenvalue weighted by atomic mass is 9.84. The first-order valence-electron chi connectivity index (χ1n) is 22.0. The number of carbonyl (C=O) groups is 2. The molecule has 0 spiro atoms. The second-order valence-electron chi connectivity index (χ2n) is 19.9. The summed E-state index contributed by atoms with van der Waals surface area (Å²) in [6.07, 6.45) is 30.1. The topological polar surface area (TPSA) is 55.8 Å². The Balaban J connectivity index is 2.04. The highest BCUT2D eigenvalue weighted by Crippen LogP contribution is 2.61. The van der Waals surface area contributed by atoms with Crippen molar-refractivity contribution in [3.05, 3.63) is 0 Å². The maximum atomic E-state index is 12.1. The molecular formula is C46H89NO4. The van der Waals surface area contributed by atoms with E-state index in [-0.39, 0.29) is 11.9 Å². The molecule has 0 saturated heterocycles. The van der Waals surface area contributed by atoms with Crippen molar-refractivity contribution in [2.45, 2.75) is 216 Å². The van der Waals surface area contributed by atoms with Gasteiger partial charge < -0.3 is 14.4 Å². The molecule has 1 saturated carbocycles. The molecule has 0 heterocycles. The third kappa shape index (κ3) is 28.1. The van der Waals surface area contributed by atoms with Crippen molar-refractivity contribution in [3.8, 4) is 0 Å². The summed E-state index contributed by atoms with van der Waals surface area (Å²) in [6, 6.07) is 0. The average Bonchev–Trinajstić information content (AvgIpc) is 3.70. The zero-order valence-electron chi connectivity index (χ0n) is 36.1. The quantitative estimate of drug-likeness (QED) is 0.0512. The van der Waals surface area contributed by atoms with E-state index in [4.69, 9.17) is 9.47 Å². The van der Waals surface area contributed by atoms with Gasteiger partial charge >= 0.3 is 11.9 Å². The maximum Gasteiger partial charge on any atom is 0.305 e. The third-order valence-electron chi connectivity index (χ3n) is 11.3. The molecule has 0 N–H and O–H groups in total. The number of unbranched alkanes of at least 4 members (excludes halogenated alkanes) is 13. The zero-order chi connectivity index (χ0) is 38.2. The van der Waals surface area contributed by atoms with Crippen molar-refractivity contribution in [1.82, 2.24) is 4.90 Å². The van der Waals surface area contributed by atoms with Gasteiger partial charge in [-0.3, -0.25) is 9.59 Å². The van der Waals surface area contributed by atoms with Crippen molar-refractivity contribution in [2.24, 2.45) is 34.0 Å². The van der Waals surface area contributed by atoms with Gasteiger partial charge in [0.25, 0.3) is 0 Å². The van der Waals surface area contributed by atoms with Gasteiger partial charge in [0.1, 0.15) is 0 Å². The van der Waals surface area contributed by atoms with Crippen LogP contribution in [-0.4, -0.2) is 50.7 Å². The minimum Gasteiger partial charge on any atom is -0.466 e. The Morgan fingerprint density at radius 3 is 1.41 bits per heavy atom. The SMILES string of the molecule is CC(CCOC(=O)CCCCCCCCCCC1(CCN(C)C)CC1CCCCCCCCCC(=O)OCCC(C)CC(C)(C)C)CC(C)(C)C. The van der Waals surface area contributed by atoms with Crippen LogP contribution in [0.5, 0.6) is 0 Å². The molecule has 5 nitrogen and oxygen atoms in total. The van der Waals surface area contributed by atoms with Gasteiger partial charge in [-0.05, 0) is 119 Å². The van der Waals surface area contributed by atoms with Gasteiger partial charge in [-0.1, -0.05) is 139 Å². The molecule has 5 heteroatoms. The minimum absolute atomic E-state index is 0.00468. The molecular weight excluding hydrogens is 631 g/mol. The van der Waals surface area contributed by atoms with Crippen LogP contribution in [0.2, 0.25) is 0 Å². The molecule has 0 amide bonds. The normalized spacial score (nSPS) is 18.9. The van der Waals surface area contributed by atoms with E-state index >= 15 is 0 Å². The number of esters is 2. The first-order valence-corrected chi connectivity index (χ1v) is 22.0. The fourth-order valence-corrected chi connectivity index (χ4v) is 8.56. The molecule has 1 aliphatic rings. The maximum absolute atomic E-state index is 12.1. The van der Waals surface area contributed by atoms with Crippen molar-refractivity contribution >= 4 is 11.9 Å². The van der Waals surface area contributed by atoms with Crippen LogP contribution < -0.4 is 0 Å². The second-order valence-corrected chi connectivity index (χ2v) is 19.9. The Hall–Kier alpha value is -1.10. The number of ether oxygens (including phenoxy) is 2. The van der Waals surface area contributed by atoms with Gasteiger partial charge in [-0.15, -0.1) is 0 Å². The van der Waals surface area contributed by atoms with Gasteiger partial charge in [-0.25, -0.2) is 0 Å². The number of hydrogen-bond acceptors (Lipinski definition) is 5. The second kappa shape index (κ2) is 26.6. The molecule has 4 unspecified atom stereocenters. The van der Waals surface area contributed by atoms with E-state index in [9.17, 15) is 9.59 Å². The smallest absolute Gasteiger partial charge is 0.305 e. The predicted octanol–water partition coefficient (Wildman–Crippen LogP) is 13.4. The van der Waals surface area contributed by atoms with Crippen LogP contribution >= 0.6 is 0 Å². The minimum atomic E-state index is -0.00524. The Bertz CT molecular complexity index is 887. The van der Waals surface area contributed by atoms with Crippen molar-refractivity contribution in [1.29, 1.82) is 0 Å². The van der Waals surface area contributed by atoms with E-state index in [0.717, 1.165) is 44.4 Å². The van der Waals surface area contributed by atoms with Gasteiger partial charge in [0.15, 0.2) is 0 Å². The lowest BCUT2D eigenvalue weighted by Crippen LogP contribution is -2.18. The number of carbonyl (C=O) groups excluding carboxylic acids is 2. The lowest BCUT2D eigenvalue weighted by Gasteiger charge is -2.23. The summed E-state index contributed by atoms with van der Waals surface area (Å²) in [6.45, 7) is 20.6. The largest absolute Gasteiger partial charge is 0.466 e. The summed E-state index contributed by atoms with van der Waals surface area (Å²) in [5, 5.41) is 0. The summed E-state index contributed by atoms with van der Waals surface area (Å²) >= 11 is 0. The van der Waals surface area contributed by atoms with Gasteiger partial charge in [-0.2, -0.15) is 0 Å². The fourth-order valence-electron chi connectivity index (χ4n) is 8.56. The third-order valence-corrected chi connectivity index (χ3v) is 11.3. The molecule has 0 aromatic rings. The zero-order valence-corrected chi connectivity index (χ0v) is 36.1. The first kappa shape index (κ1) is 47.9. The molecule has 1 fully saturated rings. The van der Waals surface area contributed by atoms with Crippen LogP contribution in [0.15, 0.2) is 0 Å². The predicted molar refractivity (Wildman–Crippen MR) is 219 cm³/mol. The highest BCUT2D eigenvalue weighted by Gasteiger charge is 2.51. The van der Waals surface area contributed by atoms with Gasteiger partial charge in [0.05, 0.1) is 13.2 Å². The molecule has 4 atom stereocenters.